The predicted molar refractivity (Wildman–Crippen MR) is 85.1 cm³/mol. The largest absolute Gasteiger partial charge is 0.386 e. The summed E-state index contributed by atoms with van der Waals surface area (Å²) < 4.78 is 0. The van der Waals surface area contributed by atoms with Gasteiger partial charge in [-0.2, -0.15) is 0 Å². The number of hydrogen-bond donors (Lipinski definition) is 3. The molecule has 3 heteroatoms. The third-order valence-electron chi connectivity index (χ3n) is 3.70. The molecule has 0 unspecified atom stereocenters. The van der Waals surface area contributed by atoms with Gasteiger partial charge in [0.05, 0.1) is 11.4 Å². The van der Waals surface area contributed by atoms with E-state index in [1.807, 2.05) is 14.1 Å². The van der Waals surface area contributed by atoms with Crippen LogP contribution >= 0.6 is 0 Å². The van der Waals surface area contributed by atoms with Crippen LogP contribution in [0.4, 0.5) is 5.69 Å². The van der Waals surface area contributed by atoms with Crippen LogP contribution in [-0.2, 0) is 6.54 Å². The van der Waals surface area contributed by atoms with Gasteiger partial charge in [-0.05, 0) is 11.6 Å². The molecule has 0 saturated heterocycles. The molecule has 0 aromatic heterocycles. The lowest BCUT2D eigenvalue weighted by Crippen LogP contribution is -2.20. The molecule has 0 bridgehead atoms. The average molecular weight is 265 g/mol. The fraction of sp³-hybridized carbons (Fsp3) is 0.176. The van der Waals surface area contributed by atoms with Crippen molar-refractivity contribution in [3.8, 4) is 0 Å². The molecular weight excluding hydrogens is 246 g/mol. The smallest absolute Gasteiger partial charge is 0.0674 e. The fourth-order valence-corrected chi connectivity index (χ4v) is 2.75. The molecule has 1 heterocycles. The fourth-order valence-electron chi connectivity index (χ4n) is 2.75. The van der Waals surface area contributed by atoms with Crippen molar-refractivity contribution >= 4 is 17.1 Å². The van der Waals surface area contributed by atoms with Gasteiger partial charge in [0.25, 0.3) is 0 Å². The van der Waals surface area contributed by atoms with Crippen molar-refractivity contribution in [1.82, 2.24) is 10.6 Å². The van der Waals surface area contributed by atoms with E-state index in [0.29, 0.717) is 0 Å². The minimum atomic E-state index is 0.829. The Morgan fingerprint density at radius 3 is 2.15 bits per heavy atom. The maximum Gasteiger partial charge on any atom is 0.0674 e. The maximum absolute atomic E-state index is 3.53. The van der Waals surface area contributed by atoms with Crippen LogP contribution in [0.15, 0.2) is 48.5 Å². The van der Waals surface area contributed by atoms with E-state index in [-0.39, 0.29) is 0 Å². The summed E-state index contributed by atoms with van der Waals surface area (Å²) in [6.45, 7) is 0.829. The third-order valence-corrected chi connectivity index (χ3v) is 3.70. The lowest BCUT2D eigenvalue weighted by Gasteiger charge is -2.24. The average Bonchev–Trinajstić information content (AvgIpc) is 2.49. The Bertz CT molecular complexity index is 601. The van der Waals surface area contributed by atoms with E-state index in [1.54, 1.807) is 0 Å². The Morgan fingerprint density at radius 2 is 1.40 bits per heavy atom. The van der Waals surface area contributed by atoms with Crippen molar-refractivity contribution in [2.45, 2.75) is 6.54 Å². The van der Waals surface area contributed by atoms with Gasteiger partial charge in [-0.25, -0.2) is 0 Å². The van der Waals surface area contributed by atoms with Crippen LogP contribution in [0.5, 0.6) is 0 Å². The van der Waals surface area contributed by atoms with E-state index < -0.39 is 0 Å². The summed E-state index contributed by atoms with van der Waals surface area (Å²) in [5.41, 5.74) is 7.12. The van der Waals surface area contributed by atoms with E-state index in [9.17, 15) is 0 Å². The zero-order valence-corrected chi connectivity index (χ0v) is 11.8. The molecule has 0 saturated carbocycles. The van der Waals surface area contributed by atoms with Crippen LogP contribution in [0.1, 0.15) is 16.7 Å². The summed E-state index contributed by atoms with van der Waals surface area (Å²) in [7, 11) is 3.94. The Hall–Kier alpha value is -2.42. The van der Waals surface area contributed by atoms with Crippen LogP contribution in [-0.4, -0.2) is 14.1 Å². The van der Waals surface area contributed by atoms with E-state index in [2.05, 4.69) is 64.5 Å². The third kappa shape index (κ3) is 2.01. The van der Waals surface area contributed by atoms with Crippen molar-refractivity contribution < 1.29 is 0 Å². The second kappa shape index (κ2) is 5.29. The summed E-state index contributed by atoms with van der Waals surface area (Å²) >= 11 is 0. The zero-order valence-electron chi connectivity index (χ0n) is 11.8. The Kier molecular flexibility index (Phi) is 3.33. The van der Waals surface area contributed by atoms with Crippen molar-refractivity contribution in [2.75, 3.05) is 19.4 Å². The summed E-state index contributed by atoms with van der Waals surface area (Å²) in [5, 5.41) is 10.2. The van der Waals surface area contributed by atoms with Crippen LogP contribution in [0.25, 0.3) is 11.4 Å². The number of fused-ring (bicyclic) bond motifs is 2. The van der Waals surface area contributed by atoms with Gasteiger partial charge in [-0.1, -0.05) is 42.5 Å². The Morgan fingerprint density at radius 1 is 0.800 bits per heavy atom. The number of para-hydroxylation sites is 1. The second-order valence-corrected chi connectivity index (χ2v) is 4.81. The number of benzene rings is 2. The highest BCUT2D eigenvalue weighted by atomic mass is 15.0. The normalized spacial score (nSPS) is 17.1. The molecule has 3 nitrogen and oxygen atoms in total. The molecule has 0 amide bonds. The number of nitrogens with one attached hydrogen (secondary N) is 3. The topological polar surface area (TPSA) is 36.1 Å². The summed E-state index contributed by atoms with van der Waals surface area (Å²) in [6.07, 6.45) is 0. The first-order valence-electron chi connectivity index (χ1n) is 6.86. The number of anilines is 1. The van der Waals surface area contributed by atoms with Gasteiger partial charge in [0.2, 0.25) is 0 Å². The highest BCUT2D eigenvalue weighted by molar-refractivity contribution is 5.94. The highest BCUT2D eigenvalue weighted by Gasteiger charge is 2.17. The lowest BCUT2D eigenvalue weighted by atomic mass is 9.97. The van der Waals surface area contributed by atoms with Gasteiger partial charge >= 0.3 is 0 Å². The van der Waals surface area contributed by atoms with E-state index >= 15 is 0 Å². The van der Waals surface area contributed by atoms with Gasteiger partial charge in [0, 0.05) is 37.5 Å². The molecule has 2 aromatic carbocycles. The van der Waals surface area contributed by atoms with Gasteiger partial charge in [0.15, 0.2) is 0 Å². The summed E-state index contributed by atoms with van der Waals surface area (Å²) in [5.74, 6) is 0. The monoisotopic (exact) mass is 265 g/mol. The van der Waals surface area contributed by atoms with Gasteiger partial charge < -0.3 is 16.0 Å². The Balaban J connectivity index is 2.30. The second-order valence-electron chi connectivity index (χ2n) is 4.81. The SMILES string of the molecule is CN/C1=C(\NC)c2ccccc2NCc2ccccc21. The van der Waals surface area contributed by atoms with Crippen LogP contribution in [0.3, 0.4) is 0 Å². The zero-order chi connectivity index (χ0) is 13.9. The highest BCUT2D eigenvalue weighted by Crippen LogP contribution is 2.31. The first-order valence-corrected chi connectivity index (χ1v) is 6.86. The molecule has 0 fully saturated rings. The van der Waals surface area contributed by atoms with Crippen LogP contribution in [0, 0.1) is 0 Å². The Labute approximate surface area is 119 Å². The molecule has 20 heavy (non-hydrogen) atoms. The minimum Gasteiger partial charge on any atom is -0.386 e. The molecule has 0 radical (unpaired) electrons. The molecular formula is C17H19N3. The molecule has 0 spiro atoms. The predicted octanol–water partition coefficient (Wildman–Crippen LogP) is 2.88. The molecule has 2 aromatic rings. The lowest BCUT2D eigenvalue weighted by molar-refractivity contribution is 1.04. The van der Waals surface area contributed by atoms with Crippen LogP contribution in [0.2, 0.25) is 0 Å². The molecule has 102 valence electrons. The van der Waals surface area contributed by atoms with Crippen molar-refractivity contribution in [3.05, 3.63) is 65.2 Å². The van der Waals surface area contributed by atoms with Gasteiger partial charge in [-0.3, -0.25) is 0 Å². The van der Waals surface area contributed by atoms with Crippen molar-refractivity contribution in [2.24, 2.45) is 0 Å². The molecule has 0 aliphatic carbocycles. The number of rotatable bonds is 2. The quantitative estimate of drug-likeness (QED) is 0.781. The standard InChI is InChI=1S/C17H19N3/c1-18-16-13-8-4-3-7-12(13)11-20-15-10-6-5-9-14(15)17(16)19-2/h3-10,18-20H,11H2,1-2H3/b17-16-. The summed E-state index contributed by atoms with van der Waals surface area (Å²) in [6, 6.07) is 16.9. The molecule has 3 rings (SSSR count). The van der Waals surface area contributed by atoms with E-state index in [0.717, 1.165) is 23.6 Å². The van der Waals surface area contributed by atoms with E-state index in [1.165, 1.54) is 16.7 Å². The molecule has 1 aliphatic rings. The maximum atomic E-state index is 3.53. The van der Waals surface area contributed by atoms with Crippen molar-refractivity contribution in [3.63, 3.8) is 0 Å². The molecule has 1 aliphatic heterocycles. The molecule has 3 N–H and O–H groups in total. The molecule has 0 atom stereocenters. The van der Waals surface area contributed by atoms with E-state index in [4.69, 9.17) is 0 Å². The van der Waals surface area contributed by atoms with Gasteiger partial charge in [0.1, 0.15) is 0 Å². The van der Waals surface area contributed by atoms with Crippen molar-refractivity contribution in [1.29, 1.82) is 0 Å². The first kappa shape index (κ1) is 12.6. The minimum absolute atomic E-state index is 0.829. The van der Waals surface area contributed by atoms with Crippen LogP contribution < -0.4 is 16.0 Å². The number of hydrogen-bond acceptors (Lipinski definition) is 3. The first-order chi connectivity index (χ1) is 9.85. The van der Waals surface area contributed by atoms with Gasteiger partial charge in [-0.15, -0.1) is 0 Å². The summed E-state index contributed by atoms with van der Waals surface area (Å²) in [4.78, 5) is 0.